The van der Waals surface area contributed by atoms with Crippen LogP contribution in [0.4, 0.5) is 0 Å². The van der Waals surface area contributed by atoms with Crippen molar-refractivity contribution in [1.29, 1.82) is 0 Å². The molecule has 0 radical (unpaired) electrons. The van der Waals surface area contributed by atoms with E-state index in [4.69, 9.17) is 9.47 Å². The molecule has 158 valence electrons. The second kappa shape index (κ2) is 8.05. The number of amides is 1. The first kappa shape index (κ1) is 19.7. The molecule has 0 spiro atoms. The van der Waals surface area contributed by atoms with Gasteiger partial charge in [0.15, 0.2) is 22.7 Å². The number of aryl methyl sites for hydroxylation is 2. The van der Waals surface area contributed by atoms with Crippen LogP contribution in [0.1, 0.15) is 12.8 Å². The highest BCUT2D eigenvalue weighted by Gasteiger charge is 2.21. The van der Waals surface area contributed by atoms with Gasteiger partial charge in [0.05, 0.1) is 12.9 Å². The monoisotopic (exact) mass is 413 g/mol. The molecule has 10 nitrogen and oxygen atoms in total. The van der Waals surface area contributed by atoms with Crippen molar-refractivity contribution in [2.45, 2.75) is 25.5 Å². The van der Waals surface area contributed by atoms with E-state index in [0.717, 1.165) is 4.57 Å². The first-order chi connectivity index (χ1) is 14.5. The average Bonchev–Trinajstić information content (AvgIpc) is 3.18. The number of nitrogens with one attached hydrogen (secondary N) is 1. The second-order valence-corrected chi connectivity index (χ2v) is 7.22. The van der Waals surface area contributed by atoms with Crippen molar-refractivity contribution >= 4 is 17.1 Å². The van der Waals surface area contributed by atoms with Crippen LogP contribution in [-0.4, -0.2) is 43.8 Å². The summed E-state index contributed by atoms with van der Waals surface area (Å²) in [6.45, 7) is 1.16. The molecule has 3 aromatic rings. The molecule has 0 bridgehead atoms. The highest BCUT2D eigenvalue weighted by molar-refractivity contribution is 5.76. The molecule has 1 aromatic carbocycles. The van der Waals surface area contributed by atoms with E-state index >= 15 is 0 Å². The number of carbonyl (C=O) groups excluding carboxylic acids is 1. The molecule has 2 aromatic heterocycles. The van der Waals surface area contributed by atoms with Crippen molar-refractivity contribution in [3.63, 3.8) is 0 Å². The maximum atomic E-state index is 12.4. The molecule has 0 saturated carbocycles. The highest BCUT2D eigenvalue weighted by atomic mass is 16.6. The Labute approximate surface area is 171 Å². The van der Waals surface area contributed by atoms with Crippen LogP contribution >= 0.6 is 0 Å². The lowest BCUT2D eigenvalue weighted by molar-refractivity contribution is -0.121. The standard InChI is InChI=1S/C20H23N5O5/c1-23-18-17(19(27)24(2)20(23)28)25(12-22-18)9-5-8-16(26)21-10-13-11-29-14-6-3-4-7-15(14)30-13/h3-4,6-7,12-13H,5,8-11H2,1-2H3,(H,21,26)/t13-/m0/s1. The fourth-order valence-corrected chi connectivity index (χ4v) is 3.46. The Bertz CT molecular complexity index is 1210. The van der Waals surface area contributed by atoms with Gasteiger partial charge in [-0.05, 0) is 18.6 Å². The molecule has 3 heterocycles. The predicted molar refractivity (Wildman–Crippen MR) is 109 cm³/mol. The summed E-state index contributed by atoms with van der Waals surface area (Å²) in [5.74, 6) is 1.27. The SMILES string of the molecule is Cn1c(=O)c2c(ncn2CCCC(=O)NC[C@H]2COc3ccccc3O2)n(C)c1=O. The lowest BCUT2D eigenvalue weighted by Gasteiger charge is -2.26. The van der Waals surface area contributed by atoms with Crippen LogP contribution in [-0.2, 0) is 25.4 Å². The van der Waals surface area contributed by atoms with E-state index < -0.39 is 11.2 Å². The van der Waals surface area contributed by atoms with Crippen LogP contribution in [0.15, 0.2) is 40.2 Å². The molecule has 30 heavy (non-hydrogen) atoms. The summed E-state index contributed by atoms with van der Waals surface area (Å²) >= 11 is 0. The zero-order valence-electron chi connectivity index (χ0n) is 16.8. The smallest absolute Gasteiger partial charge is 0.332 e. The van der Waals surface area contributed by atoms with Gasteiger partial charge in [0.25, 0.3) is 5.56 Å². The normalized spacial score (nSPS) is 15.3. The number of fused-ring (bicyclic) bond motifs is 2. The zero-order chi connectivity index (χ0) is 21.3. The van der Waals surface area contributed by atoms with E-state index in [9.17, 15) is 14.4 Å². The molecule has 0 saturated heterocycles. The van der Waals surface area contributed by atoms with Crippen molar-refractivity contribution in [2.75, 3.05) is 13.2 Å². The minimum absolute atomic E-state index is 0.109. The van der Waals surface area contributed by atoms with Gasteiger partial charge in [-0.1, -0.05) is 12.1 Å². The van der Waals surface area contributed by atoms with Crippen LogP contribution in [0.25, 0.3) is 11.2 Å². The van der Waals surface area contributed by atoms with Crippen LogP contribution in [0.2, 0.25) is 0 Å². The topological polar surface area (TPSA) is 109 Å². The molecule has 0 aliphatic carbocycles. The van der Waals surface area contributed by atoms with E-state index in [0.29, 0.717) is 48.8 Å². The summed E-state index contributed by atoms with van der Waals surface area (Å²) in [6.07, 6.45) is 2.09. The molecule has 10 heteroatoms. The Hall–Kier alpha value is -3.56. The number of benzene rings is 1. The zero-order valence-corrected chi connectivity index (χ0v) is 16.8. The molecular formula is C20H23N5O5. The van der Waals surface area contributed by atoms with Gasteiger partial charge in [-0.3, -0.25) is 18.7 Å². The fourth-order valence-electron chi connectivity index (χ4n) is 3.46. The highest BCUT2D eigenvalue weighted by Crippen LogP contribution is 2.30. The van der Waals surface area contributed by atoms with Crippen LogP contribution in [0, 0.1) is 0 Å². The molecule has 1 aliphatic rings. The summed E-state index contributed by atoms with van der Waals surface area (Å²) in [7, 11) is 3.01. The van der Waals surface area contributed by atoms with Gasteiger partial charge < -0.3 is 19.4 Å². The number of para-hydroxylation sites is 2. The summed E-state index contributed by atoms with van der Waals surface area (Å²) in [6, 6.07) is 7.42. The van der Waals surface area contributed by atoms with Gasteiger partial charge in [-0.25, -0.2) is 9.78 Å². The molecule has 1 aliphatic heterocycles. The average molecular weight is 413 g/mol. The largest absolute Gasteiger partial charge is 0.486 e. The molecule has 4 rings (SSSR count). The molecule has 1 N–H and O–H groups in total. The number of hydrogen-bond donors (Lipinski definition) is 1. The molecule has 0 unspecified atom stereocenters. The van der Waals surface area contributed by atoms with E-state index in [1.165, 1.54) is 17.9 Å². The van der Waals surface area contributed by atoms with E-state index in [-0.39, 0.29) is 18.4 Å². The first-order valence-electron chi connectivity index (χ1n) is 9.71. The number of ether oxygens (including phenoxy) is 2. The Morgan fingerprint density at radius 1 is 1.20 bits per heavy atom. The number of rotatable bonds is 6. The van der Waals surface area contributed by atoms with Crippen molar-refractivity contribution < 1.29 is 14.3 Å². The quantitative estimate of drug-likeness (QED) is 0.617. The minimum atomic E-state index is -0.423. The van der Waals surface area contributed by atoms with E-state index in [2.05, 4.69) is 10.3 Å². The number of hydrogen-bond acceptors (Lipinski definition) is 6. The third kappa shape index (κ3) is 3.68. The van der Waals surface area contributed by atoms with E-state index in [1.807, 2.05) is 24.3 Å². The van der Waals surface area contributed by atoms with Crippen LogP contribution < -0.4 is 26.0 Å². The van der Waals surface area contributed by atoms with Gasteiger partial charge in [0, 0.05) is 27.1 Å². The van der Waals surface area contributed by atoms with Crippen LogP contribution in [0.3, 0.4) is 0 Å². The maximum Gasteiger partial charge on any atom is 0.332 e. The maximum absolute atomic E-state index is 12.4. The third-order valence-corrected chi connectivity index (χ3v) is 5.11. The van der Waals surface area contributed by atoms with Crippen LogP contribution in [0.5, 0.6) is 11.5 Å². The fraction of sp³-hybridized carbons (Fsp3) is 0.400. The van der Waals surface area contributed by atoms with Gasteiger partial charge in [-0.2, -0.15) is 0 Å². The van der Waals surface area contributed by atoms with Crippen molar-refractivity contribution in [3.05, 3.63) is 51.4 Å². The summed E-state index contributed by atoms with van der Waals surface area (Å²) in [4.78, 5) is 40.8. The lowest BCUT2D eigenvalue weighted by Crippen LogP contribution is -2.40. The molecule has 1 amide bonds. The predicted octanol–water partition coefficient (Wildman–Crippen LogP) is 0.170. The summed E-state index contributed by atoms with van der Waals surface area (Å²) in [5.41, 5.74) is -0.132. The van der Waals surface area contributed by atoms with Gasteiger partial charge in [0.1, 0.15) is 12.7 Å². The number of aromatic nitrogens is 4. The Kier molecular flexibility index (Phi) is 5.30. The third-order valence-electron chi connectivity index (χ3n) is 5.11. The number of nitrogens with zero attached hydrogens (tertiary/aromatic N) is 4. The van der Waals surface area contributed by atoms with Crippen molar-refractivity contribution in [3.8, 4) is 11.5 Å². The van der Waals surface area contributed by atoms with Gasteiger partial charge >= 0.3 is 5.69 Å². The Morgan fingerprint density at radius 3 is 2.77 bits per heavy atom. The van der Waals surface area contributed by atoms with Crippen molar-refractivity contribution in [1.82, 2.24) is 24.0 Å². The summed E-state index contributed by atoms with van der Waals surface area (Å²) < 4.78 is 15.5. The molecule has 1 atom stereocenters. The Morgan fingerprint density at radius 2 is 1.97 bits per heavy atom. The van der Waals surface area contributed by atoms with Crippen molar-refractivity contribution in [2.24, 2.45) is 14.1 Å². The van der Waals surface area contributed by atoms with E-state index in [1.54, 1.807) is 11.6 Å². The minimum Gasteiger partial charge on any atom is -0.486 e. The first-order valence-corrected chi connectivity index (χ1v) is 9.71. The number of carbonyl (C=O) groups is 1. The summed E-state index contributed by atoms with van der Waals surface area (Å²) in [5, 5.41) is 2.86. The van der Waals surface area contributed by atoms with Gasteiger partial charge in [0.2, 0.25) is 5.91 Å². The molecular weight excluding hydrogens is 390 g/mol. The second-order valence-electron chi connectivity index (χ2n) is 7.22. The lowest BCUT2D eigenvalue weighted by atomic mass is 10.2. The molecule has 0 fully saturated rings. The Balaban J connectivity index is 1.30. The van der Waals surface area contributed by atoms with Gasteiger partial charge in [-0.15, -0.1) is 0 Å². The number of imidazole rings is 1.